The van der Waals surface area contributed by atoms with Crippen molar-refractivity contribution in [3.8, 4) is 0 Å². The average Bonchev–Trinajstić information content (AvgIpc) is 2.53. The Bertz CT molecular complexity index is 654. The van der Waals surface area contributed by atoms with E-state index in [1.54, 1.807) is 0 Å². The zero-order valence-electron chi connectivity index (χ0n) is 11.6. The number of nitrogens with one attached hydrogen (secondary N) is 1. The molecule has 1 fully saturated rings. The molecule has 1 aliphatic rings. The molecular formula is C15H17N3O3. The Hall–Kier alpha value is -2.21. The van der Waals surface area contributed by atoms with E-state index in [0.29, 0.717) is 11.6 Å². The molecule has 1 aromatic carbocycles. The smallest absolute Gasteiger partial charge is 0.311 e. The van der Waals surface area contributed by atoms with Gasteiger partial charge in [0.2, 0.25) is 0 Å². The molecule has 6 nitrogen and oxygen atoms in total. The van der Waals surface area contributed by atoms with Crippen LogP contribution in [-0.2, 0) is 4.74 Å². The van der Waals surface area contributed by atoms with E-state index in [1.807, 2.05) is 24.3 Å². The summed E-state index contributed by atoms with van der Waals surface area (Å²) >= 11 is 0. The minimum Gasteiger partial charge on any atom is -0.381 e. The van der Waals surface area contributed by atoms with E-state index in [0.717, 1.165) is 43.5 Å². The van der Waals surface area contributed by atoms with Crippen LogP contribution in [0.4, 0.5) is 11.4 Å². The lowest BCUT2D eigenvalue weighted by atomic mass is 10.00. The molecule has 0 saturated carbocycles. The third-order valence-electron chi connectivity index (χ3n) is 3.86. The monoisotopic (exact) mass is 287 g/mol. The summed E-state index contributed by atoms with van der Waals surface area (Å²) in [5, 5.41) is 15.3. The fourth-order valence-corrected chi connectivity index (χ4v) is 2.65. The number of fused-ring (bicyclic) bond motifs is 1. The van der Waals surface area contributed by atoms with Crippen molar-refractivity contribution in [1.82, 2.24) is 4.98 Å². The molecule has 2 aromatic rings. The first kappa shape index (κ1) is 13.8. The Labute approximate surface area is 122 Å². The molecular weight excluding hydrogens is 270 g/mol. The highest BCUT2D eigenvalue weighted by Gasteiger charge is 2.20. The number of aromatic nitrogens is 1. The lowest BCUT2D eigenvalue weighted by molar-refractivity contribution is -0.384. The number of hydrogen-bond donors (Lipinski definition) is 1. The second-order valence-corrected chi connectivity index (χ2v) is 5.23. The van der Waals surface area contributed by atoms with Crippen LogP contribution in [0.25, 0.3) is 10.9 Å². The summed E-state index contributed by atoms with van der Waals surface area (Å²) in [7, 11) is 0. The maximum absolute atomic E-state index is 11.2. The van der Waals surface area contributed by atoms with Crippen molar-refractivity contribution in [2.24, 2.45) is 5.92 Å². The van der Waals surface area contributed by atoms with Gasteiger partial charge in [0.05, 0.1) is 10.4 Å². The van der Waals surface area contributed by atoms with Gasteiger partial charge in [-0.25, -0.2) is 4.98 Å². The van der Waals surface area contributed by atoms with Crippen molar-refractivity contribution in [3.05, 3.63) is 40.6 Å². The zero-order chi connectivity index (χ0) is 14.7. The second kappa shape index (κ2) is 6.05. The molecule has 1 aromatic heterocycles. The summed E-state index contributed by atoms with van der Waals surface area (Å²) in [6, 6.07) is 7.47. The average molecular weight is 287 g/mol. The quantitative estimate of drug-likeness (QED) is 0.691. The summed E-state index contributed by atoms with van der Waals surface area (Å²) < 4.78 is 5.34. The van der Waals surface area contributed by atoms with E-state index in [2.05, 4.69) is 10.3 Å². The standard InChI is InChI=1S/C15H17N3O3/c19-18(20)14-10-16-13-4-2-1-3-12(13)15(14)17-9-11-5-7-21-8-6-11/h1-4,10-11H,5-9H2,(H,16,17). The first-order chi connectivity index (χ1) is 10.3. The van der Waals surface area contributed by atoms with E-state index in [1.165, 1.54) is 6.20 Å². The molecule has 2 heterocycles. The number of nitro groups is 1. The molecule has 1 N–H and O–H groups in total. The minimum atomic E-state index is -0.383. The third kappa shape index (κ3) is 2.95. The van der Waals surface area contributed by atoms with Gasteiger partial charge in [-0.1, -0.05) is 18.2 Å². The van der Waals surface area contributed by atoms with Crippen LogP contribution >= 0.6 is 0 Å². The Morgan fingerprint density at radius 3 is 2.86 bits per heavy atom. The highest BCUT2D eigenvalue weighted by Crippen LogP contribution is 2.31. The van der Waals surface area contributed by atoms with Gasteiger partial charge in [-0.05, 0) is 24.8 Å². The summed E-state index contributed by atoms with van der Waals surface area (Å²) in [6.45, 7) is 2.26. The molecule has 0 amide bonds. The van der Waals surface area contributed by atoms with Gasteiger partial charge in [0.25, 0.3) is 0 Å². The molecule has 3 rings (SSSR count). The molecule has 0 radical (unpaired) electrons. The van der Waals surface area contributed by atoms with E-state index in [-0.39, 0.29) is 10.6 Å². The Morgan fingerprint density at radius 2 is 2.10 bits per heavy atom. The maximum atomic E-state index is 11.2. The maximum Gasteiger partial charge on any atom is 0.311 e. The summed E-state index contributed by atoms with van der Waals surface area (Å²) in [4.78, 5) is 15.0. The molecule has 0 bridgehead atoms. The number of rotatable bonds is 4. The van der Waals surface area contributed by atoms with Gasteiger partial charge in [0.15, 0.2) is 0 Å². The second-order valence-electron chi connectivity index (χ2n) is 5.23. The van der Waals surface area contributed by atoms with Crippen molar-refractivity contribution in [3.63, 3.8) is 0 Å². The van der Waals surface area contributed by atoms with Crippen molar-refractivity contribution in [2.75, 3.05) is 25.1 Å². The Kier molecular flexibility index (Phi) is 3.96. The number of pyridine rings is 1. The number of ether oxygens (including phenoxy) is 1. The molecule has 0 spiro atoms. The molecule has 1 saturated heterocycles. The first-order valence-corrected chi connectivity index (χ1v) is 7.09. The van der Waals surface area contributed by atoms with Crippen molar-refractivity contribution in [1.29, 1.82) is 0 Å². The highest BCUT2D eigenvalue weighted by atomic mass is 16.6. The Balaban J connectivity index is 1.90. The third-order valence-corrected chi connectivity index (χ3v) is 3.86. The molecule has 21 heavy (non-hydrogen) atoms. The fourth-order valence-electron chi connectivity index (χ4n) is 2.65. The molecule has 0 atom stereocenters. The Morgan fingerprint density at radius 1 is 1.33 bits per heavy atom. The van der Waals surface area contributed by atoms with Gasteiger partial charge in [0, 0.05) is 25.1 Å². The van der Waals surface area contributed by atoms with Gasteiger partial charge in [-0.3, -0.25) is 10.1 Å². The molecule has 6 heteroatoms. The largest absolute Gasteiger partial charge is 0.381 e. The van der Waals surface area contributed by atoms with Gasteiger partial charge in [0.1, 0.15) is 11.9 Å². The number of hydrogen-bond acceptors (Lipinski definition) is 5. The van der Waals surface area contributed by atoms with Gasteiger partial charge in [-0.15, -0.1) is 0 Å². The predicted molar refractivity (Wildman–Crippen MR) is 80.4 cm³/mol. The van der Waals surface area contributed by atoms with Crippen molar-refractivity contribution >= 4 is 22.3 Å². The van der Waals surface area contributed by atoms with Crippen molar-refractivity contribution < 1.29 is 9.66 Å². The van der Waals surface area contributed by atoms with Crippen LogP contribution in [0, 0.1) is 16.0 Å². The summed E-state index contributed by atoms with van der Waals surface area (Å²) in [5.41, 5.74) is 1.36. The lowest BCUT2D eigenvalue weighted by Gasteiger charge is -2.22. The van der Waals surface area contributed by atoms with E-state index in [4.69, 9.17) is 4.74 Å². The fraction of sp³-hybridized carbons (Fsp3) is 0.400. The van der Waals surface area contributed by atoms with Crippen LogP contribution < -0.4 is 5.32 Å². The number of anilines is 1. The SMILES string of the molecule is O=[N+]([O-])c1cnc2ccccc2c1NCC1CCOCC1. The van der Waals surface area contributed by atoms with Crippen LogP contribution in [0.3, 0.4) is 0 Å². The highest BCUT2D eigenvalue weighted by molar-refractivity contribution is 5.95. The van der Waals surface area contributed by atoms with E-state index < -0.39 is 0 Å². The number of para-hydroxylation sites is 1. The summed E-state index contributed by atoms with van der Waals surface area (Å²) in [5.74, 6) is 0.491. The van der Waals surface area contributed by atoms with E-state index in [9.17, 15) is 10.1 Å². The molecule has 110 valence electrons. The van der Waals surface area contributed by atoms with Gasteiger partial charge in [-0.2, -0.15) is 0 Å². The van der Waals surface area contributed by atoms with Crippen LogP contribution in [0.2, 0.25) is 0 Å². The summed E-state index contributed by atoms with van der Waals surface area (Å²) in [6.07, 6.45) is 3.31. The van der Waals surface area contributed by atoms with Crippen LogP contribution in [0.1, 0.15) is 12.8 Å². The normalized spacial score (nSPS) is 16.0. The van der Waals surface area contributed by atoms with Gasteiger partial charge < -0.3 is 10.1 Å². The van der Waals surface area contributed by atoms with Crippen molar-refractivity contribution in [2.45, 2.75) is 12.8 Å². The topological polar surface area (TPSA) is 77.3 Å². The number of benzene rings is 1. The number of nitrogens with zero attached hydrogens (tertiary/aromatic N) is 2. The minimum absolute atomic E-state index is 0.0285. The molecule has 1 aliphatic heterocycles. The van der Waals surface area contributed by atoms with E-state index >= 15 is 0 Å². The molecule has 0 unspecified atom stereocenters. The van der Waals surface area contributed by atoms with Gasteiger partial charge >= 0.3 is 5.69 Å². The van der Waals surface area contributed by atoms with Crippen LogP contribution in [0.15, 0.2) is 30.5 Å². The lowest BCUT2D eigenvalue weighted by Crippen LogP contribution is -2.23. The molecule has 0 aliphatic carbocycles. The van der Waals surface area contributed by atoms with Crippen LogP contribution in [-0.4, -0.2) is 29.7 Å². The predicted octanol–water partition coefficient (Wildman–Crippen LogP) is 2.98. The zero-order valence-corrected chi connectivity index (χ0v) is 11.6. The first-order valence-electron chi connectivity index (χ1n) is 7.09. The van der Waals surface area contributed by atoms with Crippen LogP contribution in [0.5, 0.6) is 0 Å².